The van der Waals surface area contributed by atoms with Crippen LogP contribution in [-0.2, 0) is 11.2 Å². The highest BCUT2D eigenvalue weighted by Crippen LogP contribution is 2.40. The smallest absolute Gasteiger partial charge is 0.270 e. The average Bonchev–Trinajstić information content (AvgIpc) is 3.40. The van der Waals surface area contributed by atoms with Crippen molar-refractivity contribution in [3.8, 4) is 0 Å². The van der Waals surface area contributed by atoms with Gasteiger partial charge in [0.15, 0.2) is 0 Å². The van der Waals surface area contributed by atoms with E-state index >= 15 is 0 Å². The summed E-state index contributed by atoms with van der Waals surface area (Å²) in [4.78, 5) is 33.6. The maximum Gasteiger partial charge on any atom is 0.270 e. The van der Waals surface area contributed by atoms with Crippen molar-refractivity contribution in [3.63, 3.8) is 0 Å². The number of nitrogens with zero attached hydrogens (tertiary/aromatic N) is 2. The zero-order valence-corrected chi connectivity index (χ0v) is 17.1. The molecule has 2 saturated heterocycles. The predicted octanol–water partition coefficient (Wildman–Crippen LogP) is 3.87. The summed E-state index contributed by atoms with van der Waals surface area (Å²) in [6.07, 6.45) is 3.53. The zero-order chi connectivity index (χ0) is 20.6. The molecule has 0 radical (unpaired) electrons. The fraction of sp³-hybridized carbons (Fsp3) is 0.360. The molecule has 0 bridgehead atoms. The van der Waals surface area contributed by atoms with Gasteiger partial charge in [0.2, 0.25) is 5.91 Å². The molecule has 3 heterocycles. The van der Waals surface area contributed by atoms with Gasteiger partial charge in [-0.1, -0.05) is 48.5 Å². The van der Waals surface area contributed by atoms with Crippen LogP contribution < -0.4 is 0 Å². The highest BCUT2D eigenvalue weighted by molar-refractivity contribution is 5.98. The maximum atomic E-state index is 13.4. The normalized spacial score (nSPS) is 21.7. The van der Waals surface area contributed by atoms with Crippen LogP contribution in [0.2, 0.25) is 0 Å². The van der Waals surface area contributed by atoms with Crippen LogP contribution in [0.1, 0.15) is 35.3 Å². The van der Waals surface area contributed by atoms with E-state index < -0.39 is 5.41 Å². The molecule has 2 amide bonds. The molecule has 154 valence electrons. The summed E-state index contributed by atoms with van der Waals surface area (Å²) in [5, 5.41) is 1.04. The van der Waals surface area contributed by atoms with E-state index in [-0.39, 0.29) is 11.8 Å². The Morgan fingerprint density at radius 2 is 1.80 bits per heavy atom. The van der Waals surface area contributed by atoms with Gasteiger partial charge in [-0.3, -0.25) is 9.59 Å². The van der Waals surface area contributed by atoms with Crippen molar-refractivity contribution in [1.29, 1.82) is 0 Å². The van der Waals surface area contributed by atoms with Crippen molar-refractivity contribution in [2.75, 3.05) is 26.2 Å². The molecule has 5 nitrogen and oxygen atoms in total. The number of fused-ring (bicyclic) bond motifs is 1. The minimum Gasteiger partial charge on any atom is -0.351 e. The van der Waals surface area contributed by atoms with E-state index in [2.05, 4.69) is 17.1 Å². The van der Waals surface area contributed by atoms with E-state index in [1.807, 2.05) is 58.3 Å². The largest absolute Gasteiger partial charge is 0.351 e. The van der Waals surface area contributed by atoms with Gasteiger partial charge in [0.25, 0.3) is 5.91 Å². The van der Waals surface area contributed by atoms with Crippen molar-refractivity contribution < 1.29 is 9.59 Å². The topological polar surface area (TPSA) is 56.4 Å². The van der Waals surface area contributed by atoms with E-state index in [9.17, 15) is 9.59 Å². The third-order valence-corrected chi connectivity index (χ3v) is 6.74. The quantitative estimate of drug-likeness (QED) is 0.722. The van der Waals surface area contributed by atoms with E-state index in [1.165, 1.54) is 5.56 Å². The van der Waals surface area contributed by atoms with Gasteiger partial charge in [0.1, 0.15) is 5.69 Å². The third kappa shape index (κ3) is 3.38. The van der Waals surface area contributed by atoms with Gasteiger partial charge in [-0.15, -0.1) is 0 Å². The minimum absolute atomic E-state index is 0.00251. The zero-order valence-electron chi connectivity index (χ0n) is 17.1. The molecule has 1 unspecified atom stereocenters. The van der Waals surface area contributed by atoms with Crippen molar-refractivity contribution in [2.45, 2.75) is 25.7 Å². The van der Waals surface area contributed by atoms with Crippen LogP contribution in [0.5, 0.6) is 0 Å². The molecule has 0 saturated carbocycles. The van der Waals surface area contributed by atoms with Crippen LogP contribution in [0.15, 0.2) is 60.7 Å². The lowest BCUT2D eigenvalue weighted by Gasteiger charge is -2.39. The van der Waals surface area contributed by atoms with Crippen LogP contribution in [0.4, 0.5) is 0 Å². The van der Waals surface area contributed by atoms with Crippen molar-refractivity contribution >= 4 is 22.7 Å². The lowest BCUT2D eigenvalue weighted by Crippen LogP contribution is -2.50. The molecule has 1 N–H and O–H groups in total. The fourth-order valence-corrected chi connectivity index (χ4v) is 5.06. The SMILES string of the molecule is O=C(c1cc2ccccc2[nH]1)N1CCC2(CCCN(CCc3ccccc3)C2=O)C1. The predicted molar refractivity (Wildman–Crippen MR) is 117 cm³/mol. The molecule has 2 aliphatic rings. The fourth-order valence-electron chi connectivity index (χ4n) is 5.06. The van der Waals surface area contributed by atoms with Gasteiger partial charge in [-0.25, -0.2) is 0 Å². The third-order valence-electron chi connectivity index (χ3n) is 6.74. The summed E-state index contributed by atoms with van der Waals surface area (Å²) in [5.41, 5.74) is 2.43. The average molecular weight is 402 g/mol. The van der Waals surface area contributed by atoms with Gasteiger partial charge in [-0.2, -0.15) is 0 Å². The monoisotopic (exact) mass is 401 g/mol. The lowest BCUT2D eigenvalue weighted by molar-refractivity contribution is -0.145. The van der Waals surface area contributed by atoms with E-state index in [0.717, 1.165) is 49.7 Å². The Morgan fingerprint density at radius 3 is 2.63 bits per heavy atom. The van der Waals surface area contributed by atoms with Crippen LogP contribution in [0, 0.1) is 5.41 Å². The number of piperidine rings is 1. The highest BCUT2D eigenvalue weighted by Gasteiger charge is 2.49. The van der Waals surface area contributed by atoms with E-state index in [0.29, 0.717) is 18.8 Å². The number of carbonyl (C=O) groups is 2. The molecule has 0 aliphatic carbocycles. The number of hydrogen-bond acceptors (Lipinski definition) is 2. The first-order valence-corrected chi connectivity index (χ1v) is 10.8. The second-order valence-electron chi connectivity index (χ2n) is 8.66. The maximum absolute atomic E-state index is 13.4. The minimum atomic E-state index is -0.406. The molecule has 5 rings (SSSR count). The molecule has 30 heavy (non-hydrogen) atoms. The van der Waals surface area contributed by atoms with Gasteiger partial charge < -0.3 is 14.8 Å². The summed E-state index contributed by atoms with van der Waals surface area (Å²) >= 11 is 0. The molecule has 2 fully saturated rings. The standard InChI is InChI=1S/C25H27N3O2/c29-23(22-17-20-9-4-5-10-21(20)26-22)28-16-13-25(18-28)12-6-14-27(24(25)30)15-11-19-7-2-1-3-8-19/h1-5,7-10,17,26H,6,11-16,18H2. The Kier molecular flexibility index (Phi) is 4.81. The van der Waals surface area contributed by atoms with Crippen molar-refractivity contribution in [3.05, 3.63) is 71.9 Å². The molecule has 5 heteroatoms. The van der Waals surface area contributed by atoms with Crippen molar-refractivity contribution in [2.24, 2.45) is 5.41 Å². The van der Waals surface area contributed by atoms with Gasteiger partial charge in [0, 0.05) is 37.1 Å². The molecular weight excluding hydrogens is 374 g/mol. The first-order chi connectivity index (χ1) is 14.6. The number of para-hydroxylation sites is 1. The number of aromatic nitrogens is 1. The summed E-state index contributed by atoms with van der Waals surface area (Å²) in [6, 6.07) is 20.2. The molecule has 1 spiro atoms. The number of amides is 2. The second kappa shape index (κ2) is 7.63. The lowest BCUT2D eigenvalue weighted by atomic mass is 9.78. The first kappa shape index (κ1) is 18.9. The summed E-state index contributed by atoms with van der Waals surface area (Å²) in [5.74, 6) is 0.230. The Hall–Kier alpha value is -3.08. The number of rotatable bonds is 4. The summed E-state index contributed by atoms with van der Waals surface area (Å²) in [6.45, 7) is 2.75. The second-order valence-corrected chi connectivity index (χ2v) is 8.66. The molecule has 3 aromatic rings. The van der Waals surface area contributed by atoms with Crippen molar-refractivity contribution in [1.82, 2.24) is 14.8 Å². The molecule has 2 aliphatic heterocycles. The van der Waals surface area contributed by atoms with Crippen LogP contribution in [0.3, 0.4) is 0 Å². The summed E-state index contributed by atoms with van der Waals surface area (Å²) in [7, 11) is 0. The Morgan fingerprint density at radius 1 is 1.00 bits per heavy atom. The number of benzene rings is 2. The number of likely N-dealkylation sites (tertiary alicyclic amines) is 2. The Labute approximate surface area is 176 Å². The molecule has 1 aromatic heterocycles. The van der Waals surface area contributed by atoms with Crippen LogP contribution in [-0.4, -0.2) is 52.8 Å². The number of H-pyrrole nitrogens is 1. The van der Waals surface area contributed by atoms with E-state index in [4.69, 9.17) is 0 Å². The van der Waals surface area contributed by atoms with Crippen LogP contribution >= 0.6 is 0 Å². The van der Waals surface area contributed by atoms with Gasteiger partial charge in [-0.05, 0) is 43.4 Å². The highest BCUT2D eigenvalue weighted by atomic mass is 16.2. The van der Waals surface area contributed by atoms with Crippen LogP contribution in [0.25, 0.3) is 10.9 Å². The van der Waals surface area contributed by atoms with Gasteiger partial charge in [0.05, 0.1) is 5.41 Å². The van der Waals surface area contributed by atoms with Gasteiger partial charge >= 0.3 is 0 Å². The number of nitrogens with one attached hydrogen (secondary N) is 1. The Balaban J connectivity index is 1.28. The molecule has 1 atom stereocenters. The number of aromatic amines is 1. The molecule has 2 aromatic carbocycles. The molecular formula is C25H27N3O2. The Bertz CT molecular complexity index is 1040. The van der Waals surface area contributed by atoms with E-state index in [1.54, 1.807) is 0 Å². The first-order valence-electron chi connectivity index (χ1n) is 10.8. The number of carbonyl (C=O) groups excluding carboxylic acids is 2. The number of hydrogen-bond donors (Lipinski definition) is 1. The summed E-state index contributed by atoms with van der Waals surface area (Å²) < 4.78 is 0.